The molecule has 1 saturated heterocycles. The first-order valence-corrected chi connectivity index (χ1v) is 7.86. The van der Waals surface area contributed by atoms with Crippen molar-refractivity contribution in [2.45, 2.75) is 18.9 Å². The first kappa shape index (κ1) is 16.3. The van der Waals surface area contributed by atoms with E-state index in [4.69, 9.17) is 4.74 Å². The number of carbonyl (C=O) groups excluding carboxylic acids is 1. The summed E-state index contributed by atoms with van der Waals surface area (Å²) in [6.07, 6.45) is 0.432. The number of benzene rings is 1. The van der Waals surface area contributed by atoms with Crippen molar-refractivity contribution in [2.24, 2.45) is 0 Å². The van der Waals surface area contributed by atoms with Gasteiger partial charge in [0.25, 0.3) is 5.91 Å². The number of pyridine rings is 1. The number of aliphatic hydroxyl groups is 1. The van der Waals surface area contributed by atoms with Gasteiger partial charge in [-0.3, -0.25) is 9.59 Å². The van der Waals surface area contributed by atoms with Crippen LogP contribution in [0.5, 0.6) is 5.75 Å². The first-order valence-electron chi connectivity index (χ1n) is 7.86. The summed E-state index contributed by atoms with van der Waals surface area (Å²) < 4.78 is 5.73. The number of likely N-dealkylation sites (tertiary alicyclic amines) is 1. The molecule has 2 aromatic rings. The van der Waals surface area contributed by atoms with E-state index in [1.165, 1.54) is 17.0 Å². The van der Waals surface area contributed by atoms with Gasteiger partial charge in [-0.15, -0.1) is 0 Å². The van der Waals surface area contributed by atoms with Crippen LogP contribution in [0, 0.1) is 6.92 Å². The Kier molecular flexibility index (Phi) is 4.40. The lowest BCUT2D eigenvalue weighted by molar-refractivity contribution is 0.00407. The molecular weight excluding hydrogens is 308 g/mol. The van der Waals surface area contributed by atoms with Crippen LogP contribution in [0.4, 0.5) is 0 Å². The number of nitrogens with one attached hydrogen (secondary N) is 1. The van der Waals surface area contributed by atoms with E-state index in [2.05, 4.69) is 4.98 Å². The minimum atomic E-state index is -1.09. The molecule has 0 radical (unpaired) electrons. The number of para-hydroxylation sites is 1. The van der Waals surface area contributed by atoms with Crippen molar-refractivity contribution in [2.75, 3.05) is 19.7 Å². The fourth-order valence-electron chi connectivity index (χ4n) is 2.82. The number of β-amino-alcohol motifs (C(OH)–C–C–N with tert-alkyl or cyclic N) is 1. The lowest BCUT2D eigenvalue weighted by Crippen LogP contribution is -2.41. The highest BCUT2D eigenvalue weighted by molar-refractivity contribution is 5.92. The minimum Gasteiger partial charge on any atom is -0.490 e. The third-order valence-corrected chi connectivity index (χ3v) is 4.21. The van der Waals surface area contributed by atoms with Crippen molar-refractivity contribution in [3.63, 3.8) is 0 Å². The van der Waals surface area contributed by atoms with Gasteiger partial charge in [0.15, 0.2) is 0 Å². The zero-order valence-corrected chi connectivity index (χ0v) is 13.5. The second kappa shape index (κ2) is 6.49. The summed E-state index contributed by atoms with van der Waals surface area (Å²) in [4.78, 5) is 27.8. The number of aryl methyl sites for hydroxylation is 1. The number of amides is 1. The average Bonchev–Trinajstić information content (AvgIpc) is 2.96. The molecule has 1 aliphatic rings. The second-order valence-corrected chi connectivity index (χ2v) is 6.18. The average molecular weight is 328 g/mol. The van der Waals surface area contributed by atoms with Crippen LogP contribution in [0.25, 0.3) is 0 Å². The number of aromatic amines is 1. The van der Waals surface area contributed by atoms with E-state index < -0.39 is 5.60 Å². The lowest BCUT2D eigenvalue weighted by atomic mass is 10.1. The first-order chi connectivity index (χ1) is 11.5. The predicted octanol–water partition coefficient (Wildman–Crippen LogP) is 1.34. The van der Waals surface area contributed by atoms with Crippen LogP contribution in [0.2, 0.25) is 0 Å². The summed E-state index contributed by atoms with van der Waals surface area (Å²) in [5.41, 5.74) is -0.189. The molecule has 1 aliphatic heterocycles. The number of hydrogen-bond donors (Lipinski definition) is 2. The van der Waals surface area contributed by atoms with E-state index in [1.807, 2.05) is 31.2 Å². The molecule has 1 fully saturated rings. The molecule has 0 spiro atoms. The van der Waals surface area contributed by atoms with Crippen LogP contribution in [0.3, 0.4) is 0 Å². The standard InChI is InChI=1S/C18H20N2O4/c1-13-5-2-3-7-15(13)24-12-18(23)9-10-20(11-18)17(22)14-6-4-8-16(21)19-14/h2-8,23H,9-12H2,1H3,(H,19,21)/t18-/m0/s1. The van der Waals surface area contributed by atoms with Gasteiger partial charge in [0.1, 0.15) is 23.7 Å². The Morgan fingerprint density at radius 1 is 1.29 bits per heavy atom. The van der Waals surface area contributed by atoms with Gasteiger partial charge < -0.3 is 19.7 Å². The molecule has 0 unspecified atom stereocenters. The predicted molar refractivity (Wildman–Crippen MR) is 89.2 cm³/mol. The van der Waals surface area contributed by atoms with Crippen LogP contribution in [0.15, 0.2) is 47.3 Å². The summed E-state index contributed by atoms with van der Waals surface area (Å²) in [7, 11) is 0. The zero-order valence-electron chi connectivity index (χ0n) is 13.5. The number of aromatic nitrogens is 1. The van der Waals surface area contributed by atoms with Gasteiger partial charge in [0, 0.05) is 12.6 Å². The Hall–Kier alpha value is -2.60. The molecule has 1 amide bonds. The van der Waals surface area contributed by atoms with E-state index in [-0.39, 0.29) is 30.3 Å². The van der Waals surface area contributed by atoms with Crippen LogP contribution in [-0.2, 0) is 0 Å². The maximum absolute atomic E-state index is 12.4. The molecule has 2 N–H and O–H groups in total. The molecule has 6 heteroatoms. The largest absolute Gasteiger partial charge is 0.490 e. The molecule has 0 saturated carbocycles. The van der Waals surface area contributed by atoms with Crippen LogP contribution in [0.1, 0.15) is 22.5 Å². The SMILES string of the molecule is Cc1ccccc1OC[C@]1(O)CCN(C(=O)c2cccc(=O)[nH]2)C1. The van der Waals surface area contributed by atoms with Gasteiger partial charge in [-0.1, -0.05) is 24.3 Å². The minimum absolute atomic E-state index is 0.118. The smallest absolute Gasteiger partial charge is 0.270 e. The van der Waals surface area contributed by atoms with Crippen molar-refractivity contribution < 1.29 is 14.6 Å². The third-order valence-electron chi connectivity index (χ3n) is 4.21. The molecule has 1 aromatic heterocycles. The van der Waals surface area contributed by atoms with E-state index in [9.17, 15) is 14.7 Å². The molecule has 0 bridgehead atoms. The number of nitrogens with zero attached hydrogens (tertiary/aromatic N) is 1. The van der Waals surface area contributed by atoms with Gasteiger partial charge in [-0.2, -0.15) is 0 Å². The Morgan fingerprint density at radius 2 is 2.08 bits per heavy atom. The number of H-pyrrole nitrogens is 1. The van der Waals surface area contributed by atoms with Crippen molar-refractivity contribution in [3.8, 4) is 5.75 Å². The number of carbonyl (C=O) groups is 1. The number of ether oxygens (including phenoxy) is 1. The fraction of sp³-hybridized carbons (Fsp3) is 0.333. The Balaban J connectivity index is 1.64. The normalized spacial score (nSPS) is 20.2. The van der Waals surface area contributed by atoms with E-state index in [1.54, 1.807) is 6.07 Å². The van der Waals surface area contributed by atoms with Crippen molar-refractivity contribution in [1.29, 1.82) is 0 Å². The van der Waals surface area contributed by atoms with Crippen molar-refractivity contribution in [1.82, 2.24) is 9.88 Å². The number of hydrogen-bond acceptors (Lipinski definition) is 4. The fourth-order valence-corrected chi connectivity index (χ4v) is 2.82. The van der Waals surface area contributed by atoms with Gasteiger partial charge in [-0.05, 0) is 31.0 Å². The molecular formula is C18H20N2O4. The van der Waals surface area contributed by atoms with Crippen LogP contribution in [-0.4, -0.2) is 46.2 Å². The highest BCUT2D eigenvalue weighted by Gasteiger charge is 2.39. The van der Waals surface area contributed by atoms with Crippen LogP contribution >= 0.6 is 0 Å². The Morgan fingerprint density at radius 3 is 2.83 bits per heavy atom. The van der Waals surface area contributed by atoms with E-state index >= 15 is 0 Å². The van der Waals surface area contributed by atoms with Crippen molar-refractivity contribution >= 4 is 5.91 Å². The molecule has 3 rings (SSSR count). The van der Waals surface area contributed by atoms with E-state index in [0.717, 1.165) is 11.3 Å². The van der Waals surface area contributed by atoms with Crippen LogP contribution < -0.4 is 10.3 Å². The molecule has 2 heterocycles. The Bertz CT molecular complexity index is 801. The summed E-state index contributed by atoms with van der Waals surface area (Å²) in [5, 5.41) is 10.7. The highest BCUT2D eigenvalue weighted by Crippen LogP contribution is 2.25. The Labute approximate surface area is 139 Å². The topological polar surface area (TPSA) is 82.6 Å². The zero-order chi connectivity index (χ0) is 17.2. The number of rotatable bonds is 4. The summed E-state index contributed by atoms with van der Waals surface area (Å²) in [5.74, 6) is 0.433. The highest BCUT2D eigenvalue weighted by atomic mass is 16.5. The van der Waals surface area contributed by atoms with Gasteiger partial charge in [0.05, 0.1) is 6.54 Å². The van der Waals surface area contributed by atoms with Gasteiger partial charge in [0.2, 0.25) is 5.56 Å². The molecule has 24 heavy (non-hydrogen) atoms. The molecule has 1 aromatic carbocycles. The second-order valence-electron chi connectivity index (χ2n) is 6.18. The lowest BCUT2D eigenvalue weighted by Gasteiger charge is -2.24. The van der Waals surface area contributed by atoms with Gasteiger partial charge >= 0.3 is 0 Å². The molecule has 6 nitrogen and oxygen atoms in total. The van der Waals surface area contributed by atoms with Crippen molar-refractivity contribution in [3.05, 3.63) is 64.1 Å². The maximum atomic E-state index is 12.4. The van der Waals surface area contributed by atoms with E-state index in [0.29, 0.717) is 13.0 Å². The van der Waals surface area contributed by atoms with Gasteiger partial charge in [-0.25, -0.2) is 0 Å². The molecule has 1 atom stereocenters. The molecule has 0 aliphatic carbocycles. The quantitative estimate of drug-likeness (QED) is 0.887. The third kappa shape index (κ3) is 3.49. The molecule has 126 valence electrons. The monoisotopic (exact) mass is 328 g/mol. The summed E-state index contributed by atoms with van der Waals surface area (Å²) in [6.45, 7) is 2.65. The summed E-state index contributed by atoms with van der Waals surface area (Å²) >= 11 is 0. The maximum Gasteiger partial charge on any atom is 0.270 e. The summed E-state index contributed by atoms with van der Waals surface area (Å²) in [6, 6.07) is 12.0.